The van der Waals surface area contributed by atoms with Gasteiger partial charge in [0.05, 0.1) is 10.7 Å². The van der Waals surface area contributed by atoms with Crippen LogP contribution in [-0.2, 0) is 4.79 Å². The van der Waals surface area contributed by atoms with Crippen LogP contribution in [0.2, 0.25) is 5.02 Å². The van der Waals surface area contributed by atoms with E-state index >= 15 is 0 Å². The highest BCUT2D eigenvalue weighted by molar-refractivity contribution is 14.1. The predicted molar refractivity (Wildman–Crippen MR) is 84.0 cm³/mol. The molecule has 4 heteroatoms. The maximum absolute atomic E-state index is 12.2. The van der Waals surface area contributed by atoms with Crippen molar-refractivity contribution in [3.8, 4) is 0 Å². The van der Waals surface area contributed by atoms with Crippen molar-refractivity contribution in [1.82, 2.24) is 0 Å². The number of amides is 1. The van der Waals surface area contributed by atoms with Gasteiger partial charge in [0.1, 0.15) is 0 Å². The van der Waals surface area contributed by atoms with E-state index in [9.17, 15) is 4.79 Å². The molecule has 0 atom stereocenters. The lowest BCUT2D eigenvalue weighted by molar-refractivity contribution is -0.120. The molecule has 0 spiro atoms. The minimum absolute atomic E-state index is 0.126. The molecule has 0 aliphatic heterocycles. The van der Waals surface area contributed by atoms with Crippen LogP contribution in [0.15, 0.2) is 18.2 Å². The van der Waals surface area contributed by atoms with Gasteiger partial charge in [-0.05, 0) is 53.6 Å². The Hall–Kier alpha value is -0.290. The number of benzene rings is 1. The standard InChI is InChI=1S/C14H17ClINO/c15-12-8-7-11(16)9-13(12)17-14(18)10-5-3-1-2-4-6-10/h7-10H,1-6H2,(H,17,18). The predicted octanol–water partition coefficient (Wildman–Crippen LogP) is 4.85. The van der Waals surface area contributed by atoms with Crippen molar-refractivity contribution in [2.75, 3.05) is 5.32 Å². The van der Waals surface area contributed by atoms with Gasteiger partial charge in [0.15, 0.2) is 0 Å². The van der Waals surface area contributed by atoms with Crippen LogP contribution < -0.4 is 5.32 Å². The summed E-state index contributed by atoms with van der Waals surface area (Å²) in [5.41, 5.74) is 0.734. The number of hydrogen-bond donors (Lipinski definition) is 1. The third kappa shape index (κ3) is 3.85. The molecule has 2 nitrogen and oxygen atoms in total. The largest absolute Gasteiger partial charge is 0.324 e. The molecule has 1 amide bonds. The monoisotopic (exact) mass is 377 g/mol. The fraction of sp³-hybridized carbons (Fsp3) is 0.500. The van der Waals surface area contributed by atoms with Crippen molar-refractivity contribution in [2.24, 2.45) is 5.92 Å². The van der Waals surface area contributed by atoms with E-state index in [1.54, 1.807) is 0 Å². The molecule has 1 saturated carbocycles. The highest BCUT2D eigenvalue weighted by Crippen LogP contribution is 2.27. The van der Waals surface area contributed by atoms with E-state index in [1.807, 2.05) is 18.2 Å². The molecule has 2 rings (SSSR count). The van der Waals surface area contributed by atoms with Crippen molar-refractivity contribution < 1.29 is 4.79 Å². The minimum Gasteiger partial charge on any atom is -0.324 e. The average Bonchev–Trinajstić information content (AvgIpc) is 2.62. The number of hydrogen-bond acceptors (Lipinski definition) is 1. The van der Waals surface area contributed by atoms with Crippen LogP contribution in [0.3, 0.4) is 0 Å². The highest BCUT2D eigenvalue weighted by Gasteiger charge is 2.20. The molecular formula is C14H17ClINO. The Morgan fingerprint density at radius 1 is 1.22 bits per heavy atom. The Balaban J connectivity index is 2.03. The van der Waals surface area contributed by atoms with Gasteiger partial charge in [0.25, 0.3) is 0 Å². The number of carbonyl (C=O) groups is 1. The van der Waals surface area contributed by atoms with Crippen molar-refractivity contribution in [2.45, 2.75) is 38.5 Å². The quantitative estimate of drug-likeness (QED) is 0.579. The van der Waals surface area contributed by atoms with E-state index in [4.69, 9.17) is 11.6 Å². The number of anilines is 1. The van der Waals surface area contributed by atoms with E-state index < -0.39 is 0 Å². The Morgan fingerprint density at radius 2 is 1.89 bits per heavy atom. The molecule has 1 N–H and O–H groups in total. The molecular weight excluding hydrogens is 361 g/mol. The zero-order valence-electron chi connectivity index (χ0n) is 10.2. The summed E-state index contributed by atoms with van der Waals surface area (Å²) >= 11 is 8.31. The average molecular weight is 378 g/mol. The van der Waals surface area contributed by atoms with E-state index in [2.05, 4.69) is 27.9 Å². The minimum atomic E-state index is 0.126. The molecule has 1 aromatic carbocycles. The third-order valence-corrected chi connectivity index (χ3v) is 4.41. The maximum Gasteiger partial charge on any atom is 0.227 e. The van der Waals surface area contributed by atoms with Gasteiger partial charge in [0.2, 0.25) is 5.91 Å². The first-order valence-corrected chi connectivity index (χ1v) is 7.88. The second-order valence-corrected chi connectivity index (χ2v) is 6.45. The molecule has 1 aliphatic carbocycles. The van der Waals surface area contributed by atoms with E-state index in [1.165, 1.54) is 12.8 Å². The fourth-order valence-corrected chi connectivity index (χ4v) is 3.03. The van der Waals surface area contributed by atoms with Gasteiger partial charge in [-0.25, -0.2) is 0 Å². The van der Waals surface area contributed by atoms with Crippen LogP contribution in [0.4, 0.5) is 5.69 Å². The molecule has 0 radical (unpaired) electrons. The molecule has 98 valence electrons. The van der Waals surface area contributed by atoms with Crippen LogP contribution >= 0.6 is 34.2 Å². The maximum atomic E-state index is 12.2. The Kier molecular flexibility index (Phi) is 5.30. The molecule has 1 aliphatic rings. The molecule has 0 aromatic heterocycles. The van der Waals surface area contributed by atoms with Gasteiger partial charge in [-0.15, -0.1) is 0 Å². The number of nitrogens with one attached hydrogen (secondary N) is 1. The zero-order chi connectivity index (χ0) is 13.0. The zero-order valence-corrected chi connectivity index (χ0v) is 13.1. The summed E-state index contributed by atoms with van der Waals surface area (Å²) in [6.45, 7) is 0. The topological polar surface area (TPSA) is 29.1 Å². The third-order valence-electron chi connectivity index (χ3n) is 3.41. The van der Waals surface area contributed by atoms with Gasteiger partial charge in [-0.1, -0.05) is 37.3 Å². The number of halogens is 2. The van der Waals surface area contributed by atoms with Gasteiger partial charge >= 0.3 is 0 Å². The smallest absolute Gasteiger partial charge is 0.227 e. The van der Waals surface area contributed by atoms with E-state index in [0.29, 0.717) is 5.02 Å². The number of rotatable bonds is 2. The molecule has 1 fully saturated rings. The molecule has 0 bridgehead atoms. The summed E-state index contributed by atoms with van der Waals surface area (Å²) in [6, 6.07) is 5.67. The van der Waals surface area contributed by atoms with Crippen LogP contribution in [-0.4, -0.2) is 5.91 Å². The molecule has 0 saturated heterocycles. The van der Waals surface area contributed by atoms with E-state index in [-0.39, 0.29) is 11.8 Å². The van der Waals surface area contributed by atoms with Crippen LogP contribution in [0.1, 0.15) is 38.5 Å². The van der Waals surface area contributed by atoms with E-state index in [0.717, 1.165) is 34.9 Å². The summed E-state index contributed by atoms with van der Waals surface area (Å²) < 4.78 is 1.08. The molecule has 1 aromatic rings. The molecule has 0 heterocycles. The Labute approximate surface area is 127 Å². The first-order chi connectivity index (χ1) is 8.66. The molecule has 18 heavy (non-hydrogen) atoms. The van der Waals surface area contributed by atoms with Crippen LogP contribution in [0.5, 0.6) is 0 Å². The van der Waals surface area contributed by atoms with Crippen LogP contribution in [0.25, 0.3) is 0 Å². The second kappa shape index (κ2) is 6.75. The lowest BCUT2D eigenvalue weighted by atomic mass is 9.99. The summed E-state index contributed by atoms with van der Waals surface area (Å²) in [7, 11) is 0. The van der Waals surface area contributed by atoms with Crippen molar-refractivity contribution in [3.63, 3.8) is 0 Å². The lowest BCUT2D eigenvalue weighted by Crippen LogP contribution is -2.22. The molecule has 0 unspecified atom stereocenters. The van der Waals surface area contributed by atoms with Crippen molar-refractivity contribution in [3.05, 3.63) is 26.8 Å². The van der Waals surface area contributed by atoms with Crippen LogP contribution in [0, 0.1) is 9.49 Å². The van der Waals surface area contributed by atoms with Gasteiger partial charge in [-0.2, -0.15) is 0 Å². The Morgan fingerprint density at radius 3 is 2.56 bits per heavy atom. The van der Waals surface area contributed by atoms with Gasteiger partial charge in [0, 0.05) is 9.49 Å². The summed E-state index contributed by atoms with van der Waals surface area (Å²) in [6.07, 6.45) is 6.86. The Bertz CT molecular complexity index is 428. The first kappa shape index (κ1) is 14.1. The summed E-state index contributed by atoms with van der Waals surface area (Å²) in [4.78, 5) is 12.2. The second-order valence-electron chi connectivity index (χ2n) is 4.80. The lowest BCUT2D eigenvalue weighted by Gasteiger charge is -2.15. The van der Waals surface area contributed by atoms with Crippen molar-refractivity contribution in [1.29, 1.82) is 0 Å². The fourth-order valence-electron chi connectivity index (χ4n) is 2.37. The normalized spacial score (nSPS) is 17.2. The summed E-state index contributed by atoms with van der Waals surface area (Å²) in [5, 5.41) is 3.58. The summed E-state index contributed by atoms with van der Waals surface area (Å²) in [5.74, 6) is 0.280. The van der Waals surface area contributed by atoms with Gasteiger partial charge < -0.3 is 5.32 Å². The number of carbonyl (C=O) groups excluding carboxylic acids is 1. The first-order valence-electron chi connectivity index (χ1n) is 6.43. The highest BCUT2D eigenvalue weighted by atomic mass is 127. The van der Waals surface area contributed by atoms with Crippen molar-refractivity contribution >= 4 is 45.8 Å². The SMILES string of the molecule is O=C(Nc1cc(I)ccc1Cl)C1CCCCCC1. The van der Waals surface area contributed by atoms with Gasteiger partial charge in [-0.3, -0.25) is 4.79 Å².